The maximum absolute atomic E-state index is 11.9. The molecule has 6 nitrogen and oxygen atoms in total. The lowest BCUT2D eigenvalue weighted by atomic mass is 10.3. The van der Waals surface area contributed by atoms with E-state index in [-0.39, 0.29) is 17.1 Å². The number of sulfonamides is 1. The van der Waals surface area contributed by atoms with Crippen LogP contribution in [0.4, 0.5) is 5.69 Å². The van der Waals surface area contributed by atoms with E-state index in [0.717, 1.165) is 0 Å². The lowest BCUT2D eigenvalue weighted by Gasteiger charge is -2.07. The Morgan fingerprint density at radius 1 is 1.29 bits per heavy atom. The SMILES string of the molecule is Nc1ccccc1S(=O)(=O)NCc1ccno1. The van der Waals surface area contributed by atoms with Crippen molar-refractivity contribution in [2.75, 3.05) is 5.73 Å². The molecule has 0 radical (unpaired) electrons. The summed E-state index contributed by atoms with van der Waals surface area (Å²) >= 11 is 0. The monoisotopic (exact) mass is 253 g/mol. The Labute approximate surface area is 98.5 Å². The van der Waals surface area contributed by atoms with Crippen LogP contribution in [0.2, 0.25) is 0 Å². The van der Waals surface area contributed by atoms with Crippen molar-refractivity contribution >= 4 is 15.7 Å². The van der Waals surface area contributed by atoms with E-state index in [1.165, 1.54) is 18.3 Å². The molecule has 0 saturated carbocycles. The van der Waals surface area contributed by atoms with Crippen LogP contribution in [0.3, 0.4) is 0 Å². The number of nitrogens with two attached hydrogens (primary N) is 1. The number of rotatable bonds is 4. The van der Waals surface area contributed by atoms with Crippen LogP contribution in [-0.2, 0) is 16.6 Å². The minimum absolute atomic E-state index is 0.0384. The number of hydrogen-bond donors (Lipinski definition) is 2. The van der Waals surface area contributed by atoms with Gasteiger partial charge in [-0.15, -0.1) is 0 Å². The molecule has 0 spiro atoms. The maximum Gasteiger partial charge on any atom is 0.243 e. The van der Waals surface area contributed by atoms with Crippen molar-refractivity contribution in [3.63, 3.8) is 0 Å². The van der Waals surface area contributed by atoms with Gasteiger partial charge in [-0.2, -0.15) is 0 Å². The van der Waals surface area contributed by atoms with Gasteiger partial charge in [0.25, 0.3) is 0 Å². The third-order valence-electron chi connectivity index (χ3n) is 2.14. The Hall–Kier alpha value is -1.86. The largest absolute Gasteiger partial charge is 0.398 e. The Kier molecular flexibility index (Phi) is 3.12. The summed E-state index contributed by atoms with van der Waals surface area (Å²) in [6.45, 7) is 0.0384. The lowest BCUT2D eigenvalue weighted by Crippen LogP contribution is -2.23. The summed E-state index contributed by atoms with van der Waals surface area (Å²) < 4.78 is 31.0. The molecule has 2 rings (SSSR count). The van der Waals surface area contributed by atoms with Gasteiger partial charge in [-0.1, -0.05) is 17.3 Å². The second-order valence-corrected chi connectivity index (χ2v) is 5.08. The van der Waals surface area contributed by atoms with E-state index < -0.39 is 10.0 Å². The van der Waals surface area contributed by atoms with Gasteiger partial charge < -0.3 is 10.3 Å². The summed E-state index contributed by atoms with van der Waals surface area (Å²) in [4.78, 5) is 0.0551. The van der Waals surface area contributed by atoms with Crippen molar-refractivity contribution in [1.82, 2.24) is 9.88 Å². The zero-order valence-electron chi connectivity index (χ0n) is 8.83. The number of nitrogens with zero attached hydrogens (tertiary/aromatic N) is 1. The fourth-order valence-electron chi connectivity index (χ4n) is 1.30. The summed E-state index contributed by atoms with van der Waals surface area (Å²) in [5, 5.41) is 3.48. The molecule has 0 aliphatic carbocycles. The Balaban J connectivity index is 2.17. The van der Waals surface area contributed by atoms with Gasteiger partial charge in [0.1, 0.15) is 4.90 Å². The van der Waals surface area contributed by atoms with Gasteiger partial charge in [-0.05, 0) is 12.1 Å². The first kappa shape index (κ1) is 11.6. The highest BCUT2D eigenvalue weighted by atomic mass is 32.2. The highest BCUT2D eigenvalue weighted by molar-refractivity contribution is 7.89. The van der Waals surface area contributed by atoms with Crippen molar-refractivity contribution < 1.29 is 12.9 Å². The number of anilines is 1. The molecule has 0 bridgehead atoms. The Bertz CT molecular complexity index is 593. The van der Waals surface area contributed by atoms with Crippen LogP contribution in [-0.4, -0.2) is 13.6 Å². The van der Waals surface area contributed by atoms with Crippen LogP contribution in [0.25, 0.3) is 0 Å². The second kappa shape index (κ2) is 4.56. The maximum atomic E-state index is 11.9. The molecule has 1 aromatic heterocycles. The summed E-state index contributed by atoms with van der Waals surface area (Å²) in [6, 6.07) is 7.84. The Morgan fingerprint density at radius 3 is 2.71 bits per heavy atom. The third kappa shape index (κ3) is 2.63. The molecule has 3 N–H and O–H groups in total. The second-order valence-electron chi connectivity index (χ2n) is 3.34. The molecule has 0 aliphatic rings. The van der Waals surface area contributed by atoms with Crippen molar-refractivity contribution in [2.24, 2.45) is 0 Å². The van der Waals surface area contributed by atoms with Crippen molar-refractivity contribution in [3.05, 3.63) is 42.3 Å². The minimum atomic E-state index is -3.63. The molecular weight excluding hydrogens is 242 g/mol. The summed E-state index contributed by atoms with van der Waals surface area (Å²) in [7, 11) is -3.63. The van der Waals surface area contributed by atoms with Crippen LogP contribution >= 0.6 is 0 Å². The average Bonchev–Trinajstić information content (AvgIpc) is 2.80. The molecule has 1 heterocycles. The lowest BCUT2D eigenvalue weighted by molar-refractivity contribution is 0.380. The van der Waals surface area contributed by atoms with Crippen LogP contribution in [0.5, 0.6) is 0 Å². The van der Waals surface area contributed by atoms with Gasteiger partial charge in [-0.25, -0.2) is 13.1 Å². The minimum Gasteiger partial charge on any atom is -0.398 e. The van der Waals surface area contributed by atoms with Gasteiger partial charge in [0.2, 0.25) is 10.0 Å². The van der Waals surface area contributed by atoms with Crippen molar-refractivity contribution in [1.29, 1.82) is 0 Å². The Morgan fingerprint density at radius 2 is 2.06 bits per heavy atom. The molecule has 0 aliphatic heterocycles. The number of nitrogens with one attached hydrogen (secondary N) is 1. The summed E-state index contributed by atoms with van der Waals surface area (Å²) in [6.07, 6.45) is 1.44. The van der Waals surface area contributed by atoms with E-state index >= 15 is 0 Å². The van der Waals surface area contributed by atoms with Crippen LogP contribution in [0, 0.1) is 0 Å². The van der Waals surface area contributed by atoms with Crippen molar-refractivity contribution in [3.8, 4) is 0 Å². The molecule has 0 amide bonds. The quantitative estimate of drug-likeness (QED) is 0.783. The van der Waals surface area contributed by atoms with E-state index in [1.54, 1.807) is 18.2 Å². The van der Waals surface area contributed by atoms with Crippen LogP contribution < -0.4 is 10.5 Å². The molecule has 0 atom stereocenters. The highest BCUT2D eigenvalue weighted by Crippen LogP contribution is 2.17. The molecule has 2 aromatic rings. The zero-order valence-corrected chi connectivity index (χ0v) is 9.65. The average molecular weight is 253 g/mol. The normalized spacial score (nSPS) is 11.5. The van der Waals surface area contributed by atoms with Gasteiger partial charge in [0.15, 0.2) is 5.76 Å². The number of para-hydroxylation sites is 1. The van der Waals surface area contributed by atoms with Gasteiger partial charge in [0.05, 0.1) is 18.4 Å². The van der Waals surface area contributed by atoms with Gasteiger partial charge in [0, 0.05) is 6.07 Å². The molecule has 1 aromatic carbocycles. The molecule has 7 heteroatoms. The van der Waals surface area contributed by atoms with E-state index in [2.05, 4.69) is 9.88 Å². The molecule has 0 unspecified atom stereocenters. The van der Waals surface area contributed by atoms with E-state index in [0.29, 0.717) is 5.76 Å². The zero-order chi connectivity index (χ0) is 12.3. The number of aromatic nitrogens is 1. The third-order valence-corrected chi connectivity index (χ3v) is 3.61. The van der Waals surface area contributed by atoms with E-state index in [9.17, 15) is 8.42 Å². The summed E-state index contributed by atoms with van der Waals surface area (Å²) in [5.41, 5.74) is 5.81. The van der Waals surface area contributed by atoms with Crippen LogP contribution in [0.1, 0.15) is 5.76 Å². The smallest absolute Gasteiger partial charge is 0.243 e. The highest BCUT2D eigenvalue weighted by Gasteiger charge is 2.16. The first-order chi connectivity index (χ1) is 8.09. The van der Waals surface area contributed by atoms with Crippen LogP contribution in [0.15, 0.2) is 45.9 Å². The molecule has 17 heavy (non-hydrogen) atoms. The van der Waals surface area contributed by atoms with Gasteiger partial charge >= 0.3 is 0 Å². The van der Waals surface area contributed by atoms with E-state index in [1.807, 2.05) is 0 Å². The standard InChI is InChI=1S/C10H11N3O3S/c11-9-3-1-2-4-10(9)17(14,15)13-7-8-5-6-12-16-8/h1-6,13H,7,11H2. The van der Waals surface area contributed by atoms with Gasteiger partial charge in [-0.3, -0.25) is 0 Å². The topological polar surface area (TPSA) is 98.2 Å². The predicted molar refractivity (Wildman–Crippen MR) is 61.4 cm³/mol. The number of benzene rings is 1. The fraction of sp³-hybridized carbons (Fsp3) is 0.100. The number of hydrogen-bond acceptors (Lipinski definition) is 5. The predicted octanol–water partition coefficient (Wildman–Crippen LogP) is 0.735. The molecule has 0 saturated heterocycles. The molecule has 90 valence electrons. The summed E-state index contributed by atoms with van der Waals surface area (Å²) in [5.74, 6) is 0.433. The van der Waals surface area contributed by atoms with Crippen molar-refractivity contribution in [2.45, 2.75) is 11.4 Å². The fourth-order valence-corrected chi connectivity index (χ4v) is 2.43. The van der Waals surface area contributed by atoms with E-state index in [4.69, 9.17) is 10.3 Å². The first-order valence-electron chi connectivity index (χ1n) is 4.83. The number of nitrogen functional groups attached to an aromatic ring is 1. The molecule has 0 fully saturated rings. The first-order valence-corrected chi connectivity index (χ1v) is 6.31. The molecular formula is C10H11N3O3S.